The van der Waals surface area contributed by atoms with E-state index in [0.717, 1.165) is 23.7 Å². The van der Waals surface area contributed by atoms with Crippen molar-refractivity contribution in [3.63, 3.8) is 0 Å². The number of aliphatic hydroxyl groups excluding tert-OH is 1. The molecule has 0 amide bonds. The van der Waals surface area contributed by atoms with Gasteiger partial charge in [-0.15, -0.1) is 0 Å². The number of aliphatic hydroxyl groups is 1. The number of hydrogen-bond acceptors (Lipinski definition) is 3. The monoisotopic (exact) mass is 257 g/mol. The molecule has 0 bridgehead atoms. The van der Waals surface area contributed by atoms with E-state index in [-0.39, 0.29) is 11.7 Å². The summed E-state index contributed by atoms with van der Waals surface area (Å²) < 4.78 is 0. The molecule has 0 spiro atoms. The van der Waals surface area contributed by atoms with Crippen LogP contribution in [0.4, 0.5) is 0 Å². The van der Waals surface area contributed by atoms with E-state index in [9.17, 15) is 9.90 Å². The topological polar surface area (TPSA) is 50.2 Å². The number of nitrogens with zero attached hydrogens (tertiary/aromatic N) is 1. The van der Waals surface area contributed by atoms with E-state index in [2.05, 4.69) is 4.98 Å². The van der Waals surface area contributed by atoms with Crippen LogP contribution in [0.25, 0.3) is 10.9 Å². The summed E-state index contributed by atoms with van der Waals surface area (Å²) >= 11 is 0. The molecular formula is C16H19NO2. The van der Waals surface area contributed by atoms with Crippen molar-refractivity contribution < 1.29 is 9.90 Å². The Kier molecular flexibility index (Phi) is 4.27. The van der Waals surface area contributed by atoms with Gasteiger partial charge in [-0.3, -0.25) is 9.78 Å². The second-order valence-corrected chi connectivity index (χ2v) is 4.76. The van der Waals surface area contributed by atoms with E-state index < -0.39 is 6.10 Å². The lowest BCUT2D eigenvalue weighted by Crippen LogP contribution is -2.29. The number of carbonyl (C=O) groups is 1. The quantitative estimate of drug-likeness (QED) is 0.837. The molecule has 1 heterocycles. The van der Waals surface area contributed by atoms with Gasteiger partial charge in [-0.05, 0) is 18.1 Å². The van der Waals surface area contributed by atoms with Crippen molar-refractivity contribution in [3.8, 4) is 0 Å². The lowest BCUT2D eigenvalue weighted by atomic mass is 9.89. The predicted molar refractivity (Wildman–Crippen MR) is 76.2 cm³/mol. The third-order valence-corrected chi connectivity index (χ3v) is 3.68. The molecule has 0 saturated carbocycles. The maximum absolute atomic E-state index is 12.4. The van der Waals surface area contributed by atoms with E-state index in [1.165, 1.54) is 0 Å². The number of aromatic nitrogens is 1. The first kappa shape index (κ1) is 13.7. The van der Waals surface area contributed by atoms with Crippen molar-refractivity contribution in [1.29, 1.82) is 0 Å². The van der Waals surface area contributed by atoms with Crippen molar-refractivity contribution in [2.45, 2.75) is 32.8 Å². The van der Waals surface area contributed by atoms with Crippen LogP contribution in [0, 0.1) is 5.92 Å². The molecule has 0 fully saturated rings. The van der Waals surface area contributed by atoms with Crippen molar-refractivity contribution in [2.24, 2.45) is 5.92 Å². The SMILES string of the molecule is CCC(CC)C(O)C(=O)c1cccc2ncccc12. The molecule has 0 radical (unpaired) electrons. The van der Waals surface area contributed by atoms with Gasteiger partial charge in [-0.2, -0.15) is 0 Å². The fourth-order valence-corrected chi connectivity index (χ4v) is 2.43. The first-order valence-corrected chi connectivity index (χ1v) is 6.75. The summed E-state index contributed by atoms with van der Waals surface area (Å²) in [5.74, 6) is -0.188. The zero-order chi connectivity index (χ0) is 13.8. The minimum absolute atomic E-state index is 0.0134. The maximum atomic E-state index is 12.4. The summed E-state index contributed by atoms with van der Waals surface area (Å²) in [5, 5.41) is 11.0. The second kappa shape index (κ2) is 5.93. The molecule has 0 aliphatic carbocycles. The van der Waals surface area contributed by atoms with E-state index in [4.69, 9.17) is 0 Å². The Bertz CT molecular complexity index is 570. The Balaban J connectivity index is 2.41. The number of fused-ring (bicyclic) bond motifs is 1. The van der Waals surface area contributed by atoms with Crippen LogP contribution in [-0.4, -0.2) is 22.0 Å². The third kappa shape index (κ3) is 2.66. The lowest BCUT2D eigenvalue weighted by Gasteiger charge is -2.19. The standard InChI is InChI=1S/C16H19NO2/c1-3-11(4-2)15(18)16(19)13-7-5-9-14-12(13)8-6-10-17-14/h5-11,15,18H,3-4H2,1-2H3. The van der Waals surface area contributed by atoms with Gasteiger partial charge in [0, 0.05) is 17.1 Å². The Labute approximate surface area is 113 Å². The Hall–Kier alpha value is -1.74. The highest BCUT2D eigenvalue weighted by atomic mass is 16.3. The van der Waals surface area contributed by atoms with Crippen LogP contribution in [0.1, 0.15) is 37.0 Å². The van der Waals surface area contributed by atoms with Crippen LogP contribution < -0.4 is 0 Å². The summed E-state index contributed by atoms with van der Waals surface area (Å²) in [6.07, 6.45) is 2.37. The van der Waals surface area contributed by atoms with E-state index in [1.807, 2.05) is 38.1 Å². The van der Waals surface area contributed by atoms with Gasteiger partial charge >= 0.3 is 0 Å². The minimum atomic E-state index is -0.930. The number of hydrogen-bond donors (Lipinski definition) is 1. The number of Topliss-reactive ketones (excluding diaryl/α,β-unsaturated/α-hetero) is 1. The largest absolute Gasteiger partial charge is 0.385 e. The Morgan fingerprint density at radius 1 is 1.21 bits per heavy atom. The number of rotatable bonds is 5. The van der Waals surface area contributed by atoms with Crippen molar-refractivity contribution in [2.75, 3.05) is 0 Å². The fourth-order valence-electron chi connectivity index (χ4n) is 2.43. The van der Waals surface area contributed by atoms with Crippen LogP contribution in [0.2, 0.25) is 0 Å². The molecular weight excluding hydrogens is 238 g/mol. The van der Waals surface area contributed by atoms with E-state index in [1.54, 1.807) is 12.3 Å². The van der Waals surface area contributed by atoms with Crippen LogP contribution in [0.3, 0.4) is 0 Å². The van der Waals surface area contributed by atoms with E-state index >= 15 is 0 Å². The van der Waals surface area contributed by atoms with Crippen molar-refractivity contribution in [1.82, 2.24) is 4.98 Å². The minimum Gasteiger partial charge on any atom is -0.385 e. The van der Waals surface area contributed by atoms with Gasteiger partial charge in [0.25, 0.3) is 0 Å². The highest BCUT2D eigenvalue weighted by Gasteiger charge is 2.25. The summed E-state index contributed by atoms with van der Waals surface area (Å²) in [7, 11) is 0. The third-order valence-electron chi connectivity index (χ3n) is 3.68. The number of ketones is 1. The smallest absolute Gasteiger partial charge is 0.192 e. The predicted octanol–water partition coefficient (Wildman–Crippen LogP) is 3.21. The first-order valence-electron chi connectivity index (χ1n) is 6.75. The van der Waals surface area contributed by atoms with Crippen LogP contribution in [0.15, 0.2) is 36.5 Å². The van der Waals surface area contributed by atoms with Crippen molar-refractivity contribution >= 4 is 16.7 Å². The molecule has 0 aliphatic rings. The molecule has 100 valence electrons. The van der Waals surface area contributed by atoms with Gasteiger partial charge in [0.2, 0.25) is 0 Å². The number of carbonyl (C=O) groups excluding carboxylic acids is 1. The maximum Gasteiger partial charge on any atom is 0.192 e. The average Bonchev–Trinajstić information content (AvgIpc) is 2.47. The molecule has 2 aromatic rings. The Morgan fingerprint density at radius 3 is 2.63 bits per heavy atom. The summed E-state index contributed by atoms with van der Waals surface area (Å²) in [6, 6.07) is 9.12. The Morgan fingerprint density at radius 2 is 1.95 bits per heavy atom. The van der Waals surface area contributed by atoms with Gasteiger partial charge in [-0.1, -0.05) is 44.9 Å². The molecule has 19 heavy (non-hydrogen) atoms. The highest BCUT2D eigenvalue weighted by Crippen LogP contribution is 2.22. The average molecular weight is 257 g/mol. The zero-order valence-corrected chi connectivity index (χ0v) is 11.3. The first-order chi connectivity index (χ1) is 9.19. The fraction of sp³-hybridized carbons (Fsp3) is 0.375. The van der Waals surface area contributed by atoms with Crippen LogP contribution in [-0.2, 0) is 0 Å². The number of benzene rings is 1. The van der Waals surface area contributed by atoms with Gasteiger partial charge in [0.15, 0.2) is 5.78 Å². The molecule has 1 atom stereocenters. The van der Waals surface area contributed by atoms with Gasteiger partial charge in [0.05, 0.1) is 5.52 Å². The normalized spacial score (nSPS) is 12.8. The lowest BCUT2D eigenvalue weighted by molar-refractivity contribution is 0.0590. The molecule has 1 aromatic heterocycles. The summed E-state index contributed by atoms with van der Waals surface area (Å²) in [6.45, 7) is 3.99. The number of pyridine rings is 1. The molecule has 1 unspecified atom stereocenters. The van der Waals surface area contributed by atoms with E-state index in [0.29, 0.717) is 5.56 Å². The molecule has 1 aromatic carbocycles. The second-order valence-electron chi connectivity index (χ2n) is 4.76. The zero-order valence-electron chi connectivity index (χ0n) is 11.3. The molecule has 2 rings (SSSR count). The van der Waals surface area contributed by atoms with Crippen LogP contribution in [0.5, 0.6) is 0 Å². The van der Waals surface area contributed by atoms with Crippen molar-refractivity contribution in [3.05, 3.63) is 42.1 Å². The molecule has 1 N–H and O–H groups in total. The van der Waals surface area contributed by atoms with Gasteiger partial charge in [0.1, 0.15) is 6.10 Å². The molecule has 3 nitrogen and oxygen atoms in total. The van der Waals surface area contributed by atoms with Gasteiger partial charge in [-0.25, -0.2) is 0 Å². The molecule has 3 heteroatoms. The molecule has 0 saturated heterocycles. The highest BCUT2D eigenvalue weighted by molar-refractivity contribution is 6.09. The summed E-state index contributed by atoms with van der Waals surface area (Å²) in [4.78, 5) is 16.7. The molecule has 0 aliphatic heterocycles. The van der Waals surface area contributed by atoms with Gasteiger partial charge < -0.3 is 5.11 Å². The van der Waals surface area contributed by atoms with Crippen LogP contribution >= 0.6 is 0 Å². The summed E-state index contributed by atoms with van der Waals surface area (Å²) in [5.41, 5.74) is 1.34.